The third-order valence-electron chi connectivity index (χ3n) is 7.36. The van der Waals surface area contributed by atoms with E-state index in [-0.39, 0.29) is 17.6 Å². The van der Waals surface area contributed by atoms with Crippen LogP contribution < -0.4 is 10.2 Å². The Kier molecular flexibility index (Phi) is 6.65. The number of hydrogen-bond donors (Lipinski definition) is 2. The largest absolute Gasteiger partial charge is 0.447 e. The summed E-state index contributed by atoms with van der Waals surface area (Å²) in [4.78, 5) is 29.9. The lowest BCUT2D eigenvalue weighted by atomic mass is 9.78. The summed E-state index contributed by atoms with van der Waals surface area (Å²) < 4.78 is 5.17. The van der Waals surface area contributed by atoms with Crippen LogP contribution in [0.15, 0.2) is 18.2 Å². The minimum Gasteiger partial charge on any atom is -0.447 e. The van der Waals surface area contributed by atoms with Gasteiger partial charge in [0.2, 0.25) is 5.91 Å². The molecule has 7 heteroatoms. The second kappa shape index (κ2) is 9.30. The summed E-state index contributed by atoms with van der Waals surface area (Å²) in [5.41, 5.74) is 2.62. The zero-order valence-corrected chi connectivity index (χ0v) is 19.6. The summed E-state index contributed by atoms with van der Waals surface area (Å²) in [6.07, 6.45) is 5.50. The number of aryl methyl sites for hydroxylation is 1. The van der Waals surface area contributed by atoms with Gasteiger partial charge < -0.3 is 19.6 Å². The molecule has 1 atom stereocenters. The number of benzene rings is 1. The van der Waals surface area contributed by atoms with Gasteiger partial charge in [0.1, 0.15) is 0 Å². The molecule has 2 saturated heterocycles. The highest BCUT2D eigenvalue weighted by Gasteiger charge is 2.50. The van der Waals surface area contributed by atoms with E-state index < -0.39 is 6.09 Å². The van der Waals surface area contributed by atoms with Crippen molar-refractivity contribution in [2.75, 3.05) is 29.9 Å². The highest BCUT2D eigenvalue weighted by atomic mass is 16.6. The summed E-state index contributed by atoms with van der Waals surface area (Å²) in [5, 5.41) is 12.6. The first-order chi connectivity index (χ1) is 15.3. The van der Waals surface area contributed by atoms with Crippen LogP contribution in [0, 0.1) is 12.3 Å². The van der Waals surface area contributed by atoms with E-state index in [9.17, 15) is 14.7 Å². The zero-order valence-electron chi connectivity index (χ0n) is 19.6. The van der Waals surface area contributed by atoms with Crippen molar-refractivity contribution in [3.05, 3.63) is 23.8 Å². The lowest BCUT2D eigenvalue weighted by molar-refractivity contribution is -0.139. The van der Waals surface area contributed by atoms with E-state index >= 15 is 0 Å². The average Bonchev–Trinajstić information content (AvgIpc) is 3.03. The van der Waals surface area contributed by atoms with E-state index in [2.05, 4.69) is 15.1 Å². The van der Waals surface area contributed by atoms with Crippen LogP contribution in [0.4, 0.5) is 16.2 Å². The Morgan fingerprint density at radius 3 is 2.62 bits per heavy atom. The molecule has 4 rings (SSSR count). The van der Waals surface area contributed by atoms with Gasteiger partial charge in [-0.05, 0) is 89.5 Å². The second-order valence-corrected chi connectivity index (χ2v) is 10.1. The molecule has 7 nitrogen and oxygen atoms in total. The van der Waals surface area contributed by atoms with Crippen molar-refractivity contribution in [3.63, 3.8) is 0 Å². The van der Waals surface area contributed by atoms with E-state index in [1.54, 1.807) is 0 Å². The zero-order chi connectivity index (χ0) is 22.9. The summed E-state index contributed by atoms with van der Waals surface area (Å²) in [6.45, 7) is 8.22. The molecule has 1 aromatic carbocycles. The van der Waals surface area contributed by atoms with Crippen molar-refractivity contribution in [1.29, 1.82) is 0 Å². The lowest BCUT2D eigenvalue weighted by Gasteiger charge is -2.42. The Balaban J connectivity index is 1.44. The van der Waals surface area contributed by atoms with Gasteiger partial charge in [-0.15, -0.1) is 0 Å². The Bertz CT molecular complexity index is 850. The number of aliphatic hydroxyl groups is 1. The minimum atomic E-state index is -0.448. The molecule has 3 aliphatic rings. The van der Waals surface area contributed by atoms with Crippen molar-refractivity contribution in [2.45, 2.75) is 84.0 Å². The Hall–Kier alpha value is -2.28. The van der Waals surface area contributed by atoms with Crippen molar-refractivity contribution in [3.8, 4) is 0 Å². The quantitative estimate of drug-likeness (QED) is 0.733. The highest BCUT2D eigenvalue weighted by molar-refractivity contribution is 5.87. The van der Waals surface area contributed by atoms with Crippen molar-refractivity contribution >= 4 is 23.4 Å². The minimum absolute atomic E-state index is 0.165. The molecular formula is C25H37N3O4. The molecule has 0 bridgehead atoms. The molecule has 1 spiro atoms. The van der Waals surface area contributed by atoms with E-state index in [1.165, 1.54) is 0 Å². The number of nitrogens with zero attached hydrogens (tertiary/aromatic N) is 2. The Morgan fingerprint density at radius 2 is 1.94 bits per heavy atom. The maximum atomic E-state index is 13.6. The lowest BCUT2D eigenvalue weighted by Crippen LogP contribution is -2.50. The van der Waals surface area contributed by atoms with Crippen LogP contribution in [0.25, 0.3) is 0 Å². The fraction of sp³-hybridized carbons (Fsp3) is 0.680. The smallest absolute Gasteiger partial charge is 0.411 e. The van der Waals surface area contributed by atoms with Gasteiger partial charge in [0.15, 0.2) is 0 Å². The van der Waals surface area contributed by atoms with E-state index in [0.29, 0.717) is 17.6 Å². The number of ether oxygens (including phenoxy) is 1. The molecule has 0 radical (unpaired) electrons. The van der Waals surface area contributed by atoms with Crippen LogP contribution in [0.5, 0.6) is 0 Å². The number of amides is 2. The van der Waals surface area contributed by atoms with Gasteiger partial charge in [0.05, 0.1) is 17.6 Å². The number of nitrogens with one attached hydrogen (secondary N) is 1. The topological polar surface area (TPSA) is 82.1 Å². The molecule has 0 aromatic heterocycles. The van der Waals surface area contributed by atoms with E-state index in [4.69, 9.17) is 4.74 Å². The number of carbonyl (C=O) groups excluding carboxylic acids is 2. The van der Waals surface area contributed by atoms with Crippen LogP contribution in [0.1, 0.15) is 64.4 Å². The van der Waals surface area contributed by atoms with Crippen molar-refractivity contribution in [1.82, 2.24) is 4.90 Å². The first-order valence-electron chi connectivity index (χ1n) is 12.1. The summed E-state index contributed by atoms with van der Waals surface area (Å²) in [7, 11) is 0. The normalized spacial score (nSPS) is 28.5. The fourth-order valence-electron chi connectivity index (χ4n) is 5.73. The van der Waals surface area contributed by atoms with E-state index in [1.807, 2.05) is 39.0 Å². The van der Waals surface area contributed by atoms with Gasteiger partial charge in [0.25, 0.3) is 0 Å². The number of piperidine rings is 1. The summed E-state index contributed by atoms with van der Waals surface area (Å²) in [5.74, 6) is 0.316. The number of aliphatic hydroxyl groups excluding tert-OH is 1. The average molecular weight is 444 g/mol. The van der Waals surface area contributed by atoms with Gasteiger partial charge in [-0.2, -0.15) is 0 Å². The summed E-state index contributed by atoms with van der Waals surface area (Å²) in [6, 6.07) is 6.20. The first-order valence-corrected chi connectivity index (χ1v) is 12.1. The Labute approximate surface area is 191 Å². The molecule has 176 valence electrons. The molecule has 3 fully saturated rings. The molecule has 1 saturated carbocycles. The predicted molar refractivity (Wildman–Crippen MR) is 125 cm³/mol. The third-order valence-corrected chi connectivity index (χ3v) is 7.36. The molecule has 2 heterocycles. The number of rotatable bonds is 4. The fourth-order valence-corrected chi connectivity index (χ4v) is 5.73. The molecule has 1 aromatic rings. The molecule has 2 N–H and O–H groups in total. The second-order valence-electron chi connectivity index (χ2n) is 10.1. The molecule has 1 aliphatic carbocycles. The number of anilines is 2. The van der Waals surface area contributed by atoms with Crippen LogP contribution >= 0.6 is 0 Å². The maximum Gasteiger partial charge on any atom is 0.411 e. The molecular weight excluding hydrogens is 406 g/mol. The Morgan fingerprint density at radius 1 is 1.19 bits per heavy atom. The first kappa shape index (κ1) is 22.9. The van der Waals surface area contributed by atoms with Crippen LogP contribution in [-0.4, -0.2) is 59.9 Å². The monoisotopic (exact) mass is 443 g/mol. The number of carbonyl (C=O) groups is 2. The predicted octanol–water partition coefficient (Wildman–Crippen LogP) is 4.07. The van der Waals surface area contributed by atoms with Crippen LogP contribution in [0.2, 0.25) is 0 Å². The maximum absolute atomic E-state index is 13.6. The van der Waals surface area contributed by atoms with Gasteiger partial charge in [-0.3, -0.25) is 10.1 Å². The molecule has 2 amide bonds. The van der Waals surface area contributed by atoms with Crippen molar-refractivity contribution < 1.29 is 19.4 Å². The van der Waals surface area contributed by atoms with E-state index in [0.717, 1.165) is 75.8 Å². The standard InChI is InChI=1S/C25H37N3O4/c1-17(2)32-24(31)26-19-5-10-22(18(3)15-19)27-13-4-11-25(16-27)12-14-28(23(25)30)20-6-8-21(29)9-7-20/h5,10,15,17,20-21,29H,4,6-9,11-14,16H2,1-3H3,(H,26,31)/t20?,21?,25-/m0/s1. The van der Waals surface area contributed by atoms with Crippen molar-refractivity contribution in [2.24, 2.45) is 5.41 Å². The highest BCUT2D eigenvalue weighted by Crippen LogP contribution is 2.44. The molecule has 2 aliphatic heterocycles. The third kappa shape index (κ3) is 4.72. The van der Waals surface area contributed by atoms with Crippen LogP contribution in [-0.2, 0) is 9.53 Å². The SMILES string of the molecule is Cc1cc(NC(=O)OC(C)C)ccc1N1CCC[C@]2(CCN(C3CCC(O)CC3)C2=O)C1. The van der Waals surface area contributed by atoms with Gasteiger partial charge in [0, 0.05) is 37.1 Å². The van der Waals surface area contributed by atoms with Gasteiger partial charge in [-0.1, -0.05) is 0 Å². The number of hydrogen-bond acceptors (Lipinski definition) is 5. The number of likely N-dealkylation sites (tertiary alicyclic amines) is 1. The molecule has 0 unspecified atom stereocenters. The van der Waals surface area contributed by atoms with Gasteiger partial charge >= 0.3 is 6.09 Å². The summed E-state index contributed by atoms with van der Waals surface area (Å²) >= 11 is 0. The molecule has 32 heavy (non-hydrogen) atoms. The van der Waals surface area contributed by atoms with Crippen LogP contribution in [0.3, 0.4) is 0 Å². The van der Waals surface area contributed by atoms with Gasteiger partial charge in [-0.25, -0.2) is 4.79 Å².